The molecule has 1 aromatic rings. The third-order valence-electron chi connectivity index (χ3n) is 3.23. The predicted molar refractivity (Wildman–Crippen MR) is 68.1 cm³/mol. The first kappa shape index (κ1) is 13.7. The van der Waals surface area contributed by atoms with Crippen molar-refractivity contribution in [3.8, 4) is 6.07 Å². The molecule has 0 saturated heterocycles. The highest BCUT2D eigenvalue weighted by atomic mass is 19.3. The summed E-state index contributed by atoms with van der Waals surface area (Å²) in [5.74, 6) is -2.76. The van der Waals surface area contributed by atoms with Gasteiger partial charge in [0, 0.05) is 5.69 Å². The van der Waals surface area contributed by atoms with Crippen LogP contribution in [0.1, 0.15) is 29.7 Å². The summed E-state index contributed by atoms with van der Waals surface area (Å²) in [7, 11) is 0. The van der Waals surface area contributed by atoms with Gasteiger partial charge in [-0.15, -0.1) is 0 Å². The van der Waals surface area contributed by atoms with Crippen LogP contribution in [0.2, 0.25) is 0 Å². The molecule has 0 atom stereocenters. The first-order valence-electron chi connectivity index (χ1n) is 6.30. The van der Waals surface area contributed by atoms with E-state index in [2.05, 4.69) is 10.3 Å². The zero-order chi connectivity index (χ0) is 13.9. The molecule has 1 aromatic heterocycles. The van der Waals surface area contributed by atoms with Crippen LogP contribution in [0.3, 0.4) is 0 Å². The number of hydrogen-bond donors (Lipinski definition) is 2. The molecule has 3 N–H and O–H groups in total. The molecule has 6 heteroatoms. The number of nitrogens with two attached hydrogens (primary N) is 1. The Labute approximate surface area is 110 Å². The molecule has 19 heavy (non-hydrogen) atoms. The van der Waals surface area contributed by atoms with Crippen molar-refractivity contribution >= 4 is 5.82 Å². The third-order valence-corrected chi connectivity index (χ3v) is 3.23. The van der Waals surface area contributed by atoms with E-state index < -0.39 is 19.0 Å². The van der Waals surface area contributed by atoms with Crippen LogP contribution < -0.4 is 11.1 Å². The summed E-state index contributed by atoms with van der Waals surface area (Å²) in [6.45, 7) is -1.34. The van der Waals surface area contributed by atoms with E-state index in [4.69, 9.17) is 11.0 Å². The van der Waals surface area contributed by atoms with Gasteiger partial charge in [-0.25, -0.2) is 13.8 Å². The number of nitriles is 1. The number of aromatic nitrogens is 1. The lowest BCUT2D eigenvalue weighted by atomic mass is 9.95. The molecule has 1 heterocycles. The number of halogens is 2. The molecule has 0 saturated carbocycles. The van der Waals surface area contributed by atoms with Gasteiger partial charge in [-0.2, -0.15) is 5.26 Å². The van der Waals surface area contributed by atoms with Gasteiger partial charge in [-0.05, 0) is 37.3 Å². The number of pyridine rings is 1. The summed E-state index contributed by atoms with van der Waals surface area (Å²) < 4.78 is 26.2. The van der Waals surface area contributed by atoms with Gasteiger partial charge in [-0.3, -0.25) is 0 Å². The van der Waals surface area contributed by atoms with E-state index in [0.29, 0.717) is 5.56 Å². The first-order valence-corrected chi connectivity index (χ1v) is 6.30. The number of nitrogens with one attached hydrogen (secondary N) is 1. The Morgan fingerprint density at radius 3 is 2.84 bits per heavy atom. The van der Waals surface area contributed by atoms with E-state index in [-0.39, 0.29) is 5.82 Å². The van der Waals surface area contributed by atoms with Crippen LogP contribution in [0.15, 0.2) is 6.07 Å². The summed E-state index contributed by atoms with van der Waals surface area (Å²) in [6.07, 6.45) is 3.86. The molecule has 0 radical (unpaired) electrons. The Bertz CT molecular complexity index is 508. The minimum Gasteiger partial charge on any atom is -0.363 e. The second-order valence-electron chi connectivity index (χ2n) is 4.72. The van der Waals surface area contributed by atoms with Gasteiger partial charge >= 0.3 is 0 Å². The zero-order valence-electron chi connectivity index (χ0n) is 10.5. The van der Waals surface area contributed by atoms with Gasteiger partial charge in [0.15, 0.2) is 0 Å². The van der Waals surface area contributed by atoms with Crippen molar-refractivity contribution in [2.24, 2.45) is 5.73 Å². The lowest BCUT2D eigenvalue weighted by Gasteiger charge is -2.19. The molecule has 1 aliphatic carbocycles. The number of rotatable bonds is 4. The van der Waals surface area contributed by atoms with Crippen molar-refractivity contribution in [2.45, 2.75) is 31.6 Å². The Balaban J connectivity index is 2.22. The Morgan fingerprint density at radius 2 is 2.16 bits per heavy atom. The maximum atomic E-state index is 13.1. The Kier molecular flexibility index (Phi) is 3.96. The van der Waals surface area contributed by atoms with E-state index >= 15 is 0 Å². The number of hydrogen-bond acceptors (Lipinski definition) is 4. The Hall–Kier alpha value is -1.74. The van der Waals surface area contributed by atoms with E-state index in [9.17, 15) is 8.78 Å². The van der Waals surface area contributed by atoms with Crippen molar-refractivity contribution in [2.75, 3.05) is 18.4 Å². The molecule has 4 nitrogen and oxygen atoms in total. The fourth-order valence-corrected chi connectivity index (χ4v) is 2.14. The number of aryl methyl sites for hydroxylation is 2. The van der Waals surface area contributed by atoms with Gasteiger partial charge < -0.3 is 11.1 Å². The minimum atomic E-state index is -3.00. The zero-order valence-corrected chi connectivity index (χ0v) is 10.5. The Morgan fingerprint density at radius 1 is 1.42 bits per heavy atom. The standard InChI is InChI=1S/C13H16F2N4/c14-13(15,7-17)8-18-12-10(6-16)5-9-3-1-2-4-11(9)19-12/h5H,1-4,7-8,17H2,(H,18,19). The normalized spacial score (nSPS) is 14.6. The van der Waals surface area contributed by atoms with Gasteiger partial charge in [0.25, 0.3) is 5.92 Å². The van der Waals surface area contributed by atoms with E-state index in [1.165, 1.54) is 0 Å². The molecular formula is C13H16F2N4. The molecule has 0 fully saturated rings. The molecule has 0 amide bonds. The second kappa shape index (κ2) is 5.49. The first-order chi connectivity index (χ1) is 9.05. The highest BCUT2D eigenvalue weighted by Crippen LogP contribution is 2.25. The van der Waals surface area contributed by atoms with Crippen LogP contribution in [-0.2, 0) is 12.8 Å². The van der Waals surface area contributed by atoms with Crippen LogP contribution in [0.4, 0.5) is 14.6 Å². The summed E-state index contributed by atoms with van der Waals surface area (Å²) in [5.41, 5.74) is 7.25. The second-order valence-corrected chi connectivity index (χ2v) is 4.72. The van der Waals surface area contributed by atoms with Crippen LogP contribution in [0.25, 0.3) is 0 Å². The van der Waals surface area contributed by atoms with Gasteiger partial charge in [-0.1, -0.05) is 0 Å². The number of fused-ring (bicyclic) bond motifs is 1. The molecule has 0 aliphatic heterocycles. The summed E-state index contributed by atoms with van der Waals surface area (Å²) in [4.78, 5) is 4.31. The average molecular weight is 266 g/mol. The maximum absolute atomic E-state index is 13.1. The van der Waals surface area contributed by atoms with Crippen molar-refractivity contribution in [3.05, 3.63) is 22.9 Å². The monoisotopic (exact) mass is 266 g/mol. The predicted octanol–water partition coefficient (Wildman–Crippen LogP) is 1.84. The molecule has 0 spiro atoms. The van der Waals surface area contributed by atoms with Crippen molar-refractivity contribution in [1.29, 1.82) is 5.26 Å². The van der Waals surface area contributed by atoms with Crippen LogP contribution in [0.5, 0.6) is 0 Å². The molecular weight excluding hydrogens is 250 g/mol. The van der Waals surface area contributed by atoms with E-state index in [1.807, 2.05) is 6.07 Å². The molecule has 0 bridgehead atoms. The molecule has 1 aliphatic rings. The third kappa shape index (κ3) is 3.18. The molecule has 102 valence electrons. The SMILES string of the molecule is N#Cc1cc2c(nc1NCC(F)(F)CN)CCCC2. The van der Waals surface area contributed by atoms with Gasteiger partial charge in [0.2, 0.25) is 0 Å². The molecule has 0 aromatic carbocycles. The largest absolute Gasteiger partial charge is 0.363 e. The van der Waals surface area contributed by atoms with E-state index in [0.717, 1.165) is 36.9 Å². The number of alkyl halides is 2. The fourth-order valence-electron chi connectivity index (χ4n) is 2.14. The maximum Gasteiger partial charge on any atom is 0.276 e. The topological polar surface area (TPSA) is 74.7 Å². The summed E-state index contributed by atoms with van der Waals surface area (Å²) in [5, 5.41) is 11.6. The van der Waals surface area contributed by atoms with Crippen molar-refractivity contribution in [1.82, 2.24) is 4.98 Å². The number of nitrogens with zero attached hydrogens (tertiary/aromatic N) is 2. The quantitative estimate of drug-likeness (QED) is 0.872. The fraction of sp³-hybridized carbons (Fsp3) is 0.538. The average Bonchev–Trinajstić information content (AvgIpc) is 2.44. The lowest BCUT2D eigenvalue weighted by molar-refractivity contribution is 0.0253. The van der Waals surface area contributed by atoms with E-state index in [1.54, 1.807) is 6.07 Å². The molecule has 2 rings (SSSR count). The van der Waals surface area contributed by atoms with Gasteiger partial charge in [0.05, 0.1) is 18.7 Å². The summed E-state index contributed by atoms with van der Waals surface area (Å²) >= 11 is 0. The highest BCUT2D eigenvalue weighted by Gasteiger charge is 2.27. The van der Waals surface area contributed by atoms with Crippen LogP contribution >= 0.6 is 0 Å². The number of anilines is 1. The summed E-state index contributed by atoms with van der Waals surface area (Å²) in [6, 6.07) is 3.75. The smallest absolute Gasteiger partial charge is 0.276 e. The van der Waals surface area contributed by atoms with Crippen molar-refractivity contribution < 1.29 is 8.78 Å². The van der Waals surface area contributed by atoms with Crippen molar-refractivity contribution in [3.63, 3.8) is 0 Å². The highest BCUT2D eigenvalue weighted by molar-refractivity contribution is 5.54. The van der Waals surface area contributed by atoms with Gasteiger partial charge in [0.1, 0.15) is 11.9 Å². The van der Waals surface area contributed by atoms with Crippen LogP contribution in [-0.4, -0.2) is 24.0 Å². The van der Waals surface area contributed by atoms with Crippen LogP contribution in [0, 0.1) is 11.3 Å². The minimum absolute atomic E-state index is 0.233. The molecule has 0 unspecified atom stereocenters. The lowest BCUT2D eigenvalue weighted by Crippen LogP contribution is -2.35.